The zero-order chi connectivity index (χ0) is 19.3. The number of amides is 1. The van der Waals surface area contributed by atoms with Crippen LogP contribution in [0.1, 0.15) is 43.1 Å². The van der Waals surface area contributed by atoms with Crippen molar-refractivity contribution < 1.29 is 14.3 Å². The van der Waals surface area contributed by atoms with Crippen molar-refractivity contribution in [1.82, 2.24) is 4.90 Å². The summed E-state index contributed by atoms with van der Waals surface area (Å²) in [7, 11) is 0. The molecule has 0 saturated heterocycles. The molecular formula is C22H28N2O3. The molecule has 0 aromatic heterocycles. The van der Waals surface area contributed by atoms with Crippen LogP contribution in [0.4, 0.5) is 5.69 Å². The van der Waals surface area contributed by atoms with Gasteiger partial charge >= 0.3 is 0 Å². The molecular weight excluding hydrogens is 340 g/mol. The zero-order valence-electron chi connectivity index (χ0n) is 16.3. The van der Waals surface area contributed by atoms with Crippen LogP contribution in [-0.4, -0.2) is 37.2 Å². The number of hydrogen-bond acceptors (Lipinski definition) is 4. The molecule has 0 radical (unpaired) electrons. The molecule has 1 N–H and O–H groups in total. The third kappa shape index (κ3) is 3.65. The third-order valence-corrected chi connectivity index (χ3v) is 5.07. The molecule has 5 heteroatoms. The van der Waals surface area contributed by atoms with Gasteiger partial charge in [-0.3, -0.25) is 4.79 Å². The van der Waals surface area contributed by atoms with Crippen LogP contribution in [0.5, 0.6) is 5.75 Å². The lowest BCUT2D eigenvalue weighted by atomic mass is 9.89. The van der Waals surface area contributed by atoms with Gasteiger partial charge in [-0.2, -0.15) is 0 Å². The first kappa shape index (κ1) is 19.2. The lowest BCUT2D eigenvalue weighted by Crippen LogP contribution is -2.57. The predicted octanol–water partition coefficient (Wildman–Crippen LogP) is 4.25. The second-order valence-corrected chi connectivity index (χ2v) is 6.50. The molecule has 2 aromatic rings. The average Bonchev–Trinajstić information content (AvgIpc) is 2.71. The Morgan fingerprint density at radius 1 is 1.00 bits per heavy atom. The summed E-state index contributed by atoms with van der Waals surface area (Å²) >= 11 is 0. The number of hydrogen-bond donors (Lipinski definition) is 1. The van der Waals surface area contributed by atoms with E-state index in [1.807, 2.05) is 67.3 Å². The lowest BCUT2D eigenvalue weighted by molar-refractivity contribution is 0.0502. The van der Waals surface area contributed by atoms with Gasteiger partial charge in [0.15, 0.2) is 0 Å². The molecule has 1 amide bonds. The number of carbonyl (C=O) groups excluding carboxylic acids is 1. The molecule has 3 rings (SSSR count). The highest BCUT2D eigenvalue weighted by atomic mass is 16.5. The molecule has 0 fully saturated rings. The van der Waals surface area contributed by atoms with E-state index in [0.29, 0.717) is 26.4 Å². The van der Waals surface area contributed by atoms with Crippen LogP contribution in [0.25, 0.3) is 0 Å². The number of nitrogens with one attached hydrogen (secondary N) is 1. The molecule has 0 aliphatic carbocycles. The summed E-state index contributed by atoms with van der Waals surface area (Å²) in [5.41, 5.74) is 2.08. The van der Waals surface area contributed by atoms with Crippen LogP contribution in [0.15, 0.2) is 48.5 Å². The van der Waals surface area contributed by atoms with Gasteiger partial charge in [-0.1, -0.05) is 31.2 Å². The van der Waals surface area contributed by atoms with Gasteiger partial charge < -0.3 is 19.7 Å². The van der Waals surface area contributed by atoms with Crippen molar-refractivity contribution in [2.45, 2.75) is 32.9 Å². The summed E-state index contributed by atoms with van der Waals surface area (Å²) in [6, 6.07) is 15.7. The largest absolute Gasteiger partial charge is 0.491 e. The van der Waals surface area contributed by atoms with Crippen molar-refractivity contribution in [1.29, 1.82) is 0 Å². The minimum Gasteiger partial charge on any atom is -0.491 e. The molecule has 5 nitrogen and oxygen atoms in total. The van der Waals surface area contributed by atoms with Crippen molar-refractivity contribution in [3.05, 3.63) is 59.7 Å². The van der Waals surface area contributed by atoms with Gasteiger partial charge in [0.25, 0.3) is 5.91 Å². The predicted molar refractivity (Wildman–Crippen MR) is 107 cm³/mol. The Kier molecular flexibility index (Phi) is 6.01. The van der Waals surface area contributed by atoms with Crippen LogP contribution in [0, 0.1) is 0 Å². The first-order chi connectivity index (χ1) is 13.2. The molecule has 1 aliphatic rings. The van der Waals surface area contributed by atoms with E-state index >= 15 is 0 Å². The number of nitrogens with zero attached hydrogens (tertiary/aromatic N) is 1. The Morgan fingerprint density at radius 2 is 1.74 bits per heavy atom. The standard InChI is InChI=1S/C22H28N2O3/c1-4-22(17-11-13-18(14-12-17)27-16-15-26-6-3)23-20-10-8-7-9-19(20)21(25)24(22)5-2/h7-14,23H,4-6,15-16H2,1-3H3. The number of carbonyl (C=O) groups is 1. The Bertz CT molecular complexity index is 775. The van der Waals surface area contributed by atoms with E-state index in [9.17, 15) is 4.79 Å². The second-order valence-electron chi connectivity index (χ2n) is 6.50. The van der Waals surface area contributed by atoms with E-state index in [2.05, 4.69) is 12.2 Å². The molecule has 1 aliphatic heterocycles. The Hall–Kier alpha value is -2.53. The van der Waals surface area contributed by atoms with Gasteiger partial charge in [-0.15, -0.1) is 0 Å². The maximum atomic E-state index is 13.1. The highest BCUT2D eigenvalue weighted by molar-refractivity contribution is 6.02. The van der Waals surface area contributed by atoms with E-state index in [-0.39, 0.29) is 5.91 Å². The summed E-state index contributed by atoms with van der Waals surface area (Å²) in [6.45, 7) is 8.50. The van der Waals surface area contributed by atoms with Crippen LogP contribution < -0.4 is 10.1 Å². The highest BCUT2D eigenvalue weighted by Gasteiger charge is 2.43. The normalized spacial score (nSPS) is 18.8. The van der Waals surface area contributed by atoms with E-state index in [1.54, 1.807) is 0 Å². The van der Waals surface area contributed by atoms with Crippen molar-refractivity contribution in [3.8, 4) is 5.75 Å². The van der Waals surface area contributed by atoms with Gasteiger partial charge in [0.1, 0.15) is 18.0 Å². The summed E-state index contributed by atoms with van der Waals surface area (Å²) in [5.74, 6) is 0.862. The smallest absolute Gasteiger partial charge is 0.258 e. The van der Waals surface area contributed by atoms with E-state index in [1.165, 1.54) is 0 Å². The van der Waals surface area contributed by atoms with Gasteiger partial charge in [0.05, 0.1) is 12.2 Å². The molecule has 1 heterocycles. The third-order valence-electron chi connectivity index (χ3n) is 5.07. The summed E-state index contributed by atoms with van der Waals surface area (Å²) in [4.78, 5) is 15.0. The van der Waals surface area contributed by atoms with Crippen molar-refractivity contribution >= 4 is 11.6 Å². The van der Waals surface area contributed by atoms with Crippen LogP contribution in [-0.2, 0) is 10.4 Å². The van der Waals surface area contributed by atoms with Crippen LogP contribution in [0.2, 0.25) is 0 Å². The fourth-order valence-corrected chi connectivity index (χ4v) is 3.70. The summed E-state index contributed by atoms with van der Waals surface area (Å²) < 4.78 is 11.0. The Labute approximate surface area is 161 Å². The monoisotopic (exact) mass is 368 g/mol. The van der Waals surface area contributed by atoms with E-state index < -0.39 is 5.66 Å². The van der Waals surface area contributed by atoms with E-state index in [4.69, 9.17) is 9.47 Å². The van der Waals surface area contributed by atoms with Gasteiger partial charge in [-0.05, 0) is 50.1 Å². The topological polar surface area (TPSA) is 50.8 Å². The number of anilines is 1. The van der Waals surface area contributed by atoms with Gasteiger partial charge in [0.2, 0.25) is 0 Å². The quantitative estimate of drug-likeness (QED) is 0.708. The molecule has 27 heavy (non-hydrogen) atoms. The first-order valence-corrected chi connectivity index (χ1v) is 9.66. The van der Waals surface area contributed by atoms with Crippen molar-refractivity contribution in [3.63, 3.8) is 0 Å². The maximum absolute atomic E-state index is 13.1. The van der Waals surface area contributed by atoms with Gasteiger partial charge in [0, 0.05) is 18.8 Å². The average molecular weight is 368 g/mol. The summed E-state index contributed by atoms with van der Waals surface area (Å²) in [5, 5.41) is 3.63. The maximum Gasteiger partial charge on any atom is 0.258 e. The molecule has 1 atom stereocenters. The Balaban J connectivity index is 1.89. The fourth-order valence-electron chi connectivity index (χ4n) is 3.70. The number of benzene rings is 2. The minimum atomic E-state index is -0.565. The minimum absolute atomic E-state index is 0.0609. The van der Waals surface area contributed by atoms with Gasteiger partial charge in [-0.25, -0.2) is 0 Å². The van der Waals surface area contributed by atoms with E-state index in [0.717, 1.165) is 29.0 Å². The molecule has 1 unspecified atom stereocenters. The van der Waals surface area contributed by atoms with Crippen LogP contribution in [0.3, 0.4) is 0 Å². The summed E-state index contributed by atoms with van der Waals surface area (Å²) in [6.07, 6.45) is 0.755. The number of para-hydroxylation sites is 1. The first-order valence-electron chi connectivity index (χ1n) is 9.66. The SMILES string of the molecule is CCOCCOc1ccc(C2(CC)Nc3ccccc3C(=O)N2CC)cc1. The Morgan fingerprint density at radius 3 is 2.41 bits per heavy atom. The van der Waals surface area contributed by atoms with Crippen molar-refractivity contribution in [2.24, 2.45) is 0 Å². The molecule has 144 valence electrons. The zero-order valence-corrected chi connectivity index (χ0v) is 16.3. The number of rotatable bonds is 8. The number of fused-ring (bicyclic) bond motifs is 1. The van der Waals surface area contributed by atoms with Crippen molar-refractivity contribution in [2.75, 3.05) is 31.7 Å². The van der Waals surface area contributed by atoms with Crippen LogP contribution >= 0.6 is 0 Å². The molecule has 2 aromatic carbocycles. The highest BCUT2D eigenvalue weighted by Crippen LogP contribution is 2.40. The number of ether oxygens (including phenoxy) is 2. The molecule has 0 bridgehead atoms. The lowest BCUT2D eigenvalue weighted by Gasteiger charge is -2.48. The fraction of sp³-hybridized carbons (Fsp3) is 0.409. The second kappa shape index (κ2) is 8.44. The molecule has 0 spiro atoms. The molecule has 0 saturated carbocycles.